The van der Waals surface area contributed by atoms with E-state index in [-0.39, 0.29) is 24.2 Å². The van der Waals surface area contributed by atoms with E-state index in [2.05, 4.69) is 0 Å². The van der Waals surface area contributed by atoms with Gasteiger partial charge in [0.15, 0.2) is 11.6 Å². The molecule has 0 saturated carbocycles. The molecule has 1 unspecified atom stereocenters. The first-order valence-electron chi connectivity index (χ1n) is 5.86. The second-order valence-corrected chi connectivity index (χ2v) is 4.26. The second-order valence-electron chi connectivity index (χ2n) is 4.26. The minimum absolute atomic E-state index is 0.236. The average molecular weight is 245 g/mol. The summed E-state index contributed by atoms with van der Waals surface area (Å²) in [6, 6.07) is 14.0. The zero-order chi connectivity index (χ0) is 13.0. The van der Waals surface area contributed by atoms with E-state index in [4.69, 9.17) is 10.5 Å². The summed E-state index contributed by atoms with van der Waals surface area (Å²) in [5.74, 6) is -0.131. The summed E-state index contributed by atoms with van der Waals surface area (Å²) in [4.78, 5) is 0. The number of halogens is 1. The molecule has 0 aliphatic heterocycles. The van der Waals surface area contributed by atoms with Gasteiger partial charge in [-0.15, -0.1) is 0 Å². The Kier molecular flexibility index (Phi) is 3.95. The van der Waals surface area contributed by atoms with E-state index in [0.717, 1.165) is 5.56 Å². The maximum atomic E-state index is 13.3. The highest BCUT2D eigenvalue weighted by Gasteiger charge is 2.08. The van der Waals surface area contributed by atoms with Crippen LogP contribution in [0.2, 0.25) is 0 Å². The summed E-state index contributed by atoms with van der Waals surface area (Å²) in [6.07, 6.45) is 0. The van der Waals surface area contributed by atoms with Gasteiger partial charge in [0.2, 0.25) is 0 Å². The Morgan fingerprint density at radius 2 is 1.78 bits per heavy atom. The molecule has 0 aromatic heterocycles. The van der Waals surface area contributed by atoms with Crippen LogP contribution in [-0.4, -0.2) is 6.61 Å². The summed E-state index contributed by atoms with van der Waals surface area (Å²) in [6.45, 7) is 2.27. The molecule has 2 aromatic rings. The maximum Gasteiger partial charge on any atom is 0.165 e. The fourth-order valence-corrected chi connectivity index (χ4v) is 1.65. The maximum absolute atomic E-state index is 13.3. The second kappa shape index (κ2) is 5.65. The quantitative estimate of drug-likeness (QED) is 0.897. The minimum atomic E-state index is -0.367. The molecular formula is C15H16FNO. The summed E-state index contributed by atoms with van der Waals surface area (Å²) in [5.41, 5.74) is 8.16. The van der Waals surface area contributed by atoms with Crippen LogP contribution in [0, 0.1) is 12.7 Å². The van der Waals surface area contributed by atoms with Crippen molar-refractivity contribution in [2.45, 2.75) is 13.0 Å². The van der Waals surface area contributed by atoms with Gasteiger partial charge >= 0.3 is 0 Å². The lowest BCUT2D eigenvalue weighted by molar-refractivity contribution is 0.277. The number of ether oxygens (including phenoxy) is 1. The number of aryl methyl sites for hydroxylation is 1. The van der Waals surface area contributed by atoms with Crippen LogP contribution in [0.25, 0.3) is 0 Å². The van der Waals surface area contributed by atoms with Gasteiger partial charge in [-0.2, -0.15) is 0 Å². The predicted molar refractivity (Wildman–Crippen MR) is 70.0 cm³/mol. The molecule has 0 fully saturated rings. The molecule has 3 heteroatoms. The summed E-state index contributed by atoms with van der Waals surface area (Å²) < 4.78 is 18.7. The van der Waals surface area contributed by atoms with Gasteiger partial charge in [0.05, 0.1) is 6.04 Å². The standard InChI is InChI=1S/C15H16FNO/c1-11-6-8-12(9-7-11)14(17)10-18-15-5-3-2-4-13(15)16/h2-9,14H,10,17H2,1H3. The summed E-state index contributed by atoms with van der Waals surface area (Å²) >= 11 is 0. The number of hydrogen-bond donors (Lipinski definition) is 1. The molecule has 0 radical (unpaired) electrons. The van der Waals surface area contributed by atoms with Gasteiger partial charge in [0, 0.05) is 0 Å². The number of benzene rings is 2. The third-order valence-electron chi connectivity index (χ3n) is 2.76. The molecule has 18 heavy (non-hydrogen) atoms. The van der Waals surface area contributed by atoms with Crippen LogP contribution in [0.4, 0.5) is 4.39 Å². The zero-order valence-electron chi connectivity index (χ0n) is 10.3. The fourth-order valence-electron chi connectivity index (χ4n) is 1.65. The Morgan fingerprint density at radius 3 is 2.44 bits per heavy atom. The van der Waals surface area contributed by atoms with Gasteiger partial charge in [-0.25, -0.2) is 4.39 Å². The van der Waals surface area contributed by atoms with Gasteiger partial charge < -0.3 is 10.5 Å². The molecule has 0 heterocycles. The van der Waals surface area contributed by atoms with Gasteiger partial charge in [-0.3, -0.25) is 0 Å². The number of para-hydroxylation sites is 1. The largest absolute Gasteiger partial charge is 0.489 e. The third-order valence-corrected chi connectivity index (χ3v) is 2.76. The topological polar surface area (TPSA) is 35.2 Å². The Hall–Kier alpha value is -1.87. The van der Waals surface area contributed by atoms with Crippen molar-refractivity contribution >= 4 is 0 Å². The lowest BCUT2D eigenvalue weighted by Crippen LogP contribution is -2.19. The van der Waals surface area contributed by atoms with E-state index < -0.39 is 0 Å². The van der Waals surface area contributed by atoms with Crippen molar-refractivity contribution in [3.63, 3.8) is 0 Å². The highest BCUT2D eigenvalue weighted by atomic mass is 19.1. The Morgan fingerprint density at radius 1 is 1.11 bits per heavy atom. The molecule has 0 bridgehead atoms. The number of rotatable bonds is 4. The van der Waals surface area contributed by atoms with Crippen LogP contribution in [0.3, 0.4) is 0 Å². The third kappa shape index (κ3) is 3.08. The van der Waals surface area contributed by atoms with Crippen LogP contribution in [-0.2, 0) is 0 Å². The van der Waals surface area contributed by atoms with Gasteiger partial charge in [-0.05, 0) is 24.6 Å². The molecule has 2 N–H and O–H groups in total. The lowest BCUT2D eigenvalue weighted by Gasteiger charge is -2.14. The molecule has 94 valence electrons. The minimum Gasteiger partial charge on any atom is -0.489 e. The van der Waals surface area contributed by atoms with Crippen LogP contribution in [0.15, 0.2) is 48.5 Å². The van der Waals surface area contributed by atoms with Crippen molar-refractivity contribution in [3.8, 4) is 5.75 Å². The first-order chi connectivity index (χ1) is 8.66. The smallest absolute Gasteiger partial charge is 0.165 e. The number of hydrogen-bond acceptors (Lipinski definition) is 2. The van der Waals surface area contributed by atoms with Crippen molar-refractivity contribution < 1.29 is 9.13 Å². The van der Waals surface area contributed by atoms with Crippen molar-refractivity contribution in [1.82, 2.24) is 0 Å². The predicted octanol–water partition coefficient (Wildman–Crippen LogP) is 3.21. The normalized spacial score (nSPS) is 12.2. The molecule has 1 atom stereocenters. The first-order valence-corrected chi connectivity index (χ1v) is 5.86. The molecule has 0 amide bonds. The lowest BCUT2D eigenvalue weighted by atomic mass is 10.1. The van der Waals surface area contributed by atoms with E-state index in [1.54, 1.807) is 18.2 Å². The Balaban J connectivity index is 1.98. The Bertz CT molecular complexity index is 510. The van der Waals surface area contributed by atoms with Gasteiger partial charge in [0.1, 0.15) is 6.61 Å². The summed E-state index contributed by atoms with van der Waals surface area (Å²) in [5, 5.41) is 0. The van der Waals surface area contributed by atoms with Crippen molar-refractivity contribution in [1.29, 1.82) is 0 Å². The molecule has 0 saturated heterocycles. The van der Waals surface area contributed by atoms with E-state index in [0.29, 0.717) is 0 Å². The van der Waals surface area contributed by atoms with Crippen LogP contribution in [0.1, 0.15) is 17.2 Å². The Labute approximate surface area is 106 Å². The molecule has 2 nitrogen and oxygen atoms in total. The molecule has 2 aromatic carbocycles. The van der Waals surface area contributed by atoms with Crippen LogP contribution in [0.5, 0.6) is 5.75 Å². The SMILES string of the molecule is Cc1ccc(C(N)COc2ccccc2F)cc1. The van der Waals surface area contributed by atoms with Crippen LogP contribution >= 0.6 is 0 Å². The van der Waals surface area contributed by atoms with Gasteiger partial charge in [-0.1, -0.05) is 42.0 Å². The molecule has 0 aliphatic carbocycles. The van der Waals surface area contributed by atoms with E-state index >= 15 is 0 Å². The monoisotopic (exact) mass is 245 g/mol. The summed E-state index contributed by atoms with van der Waals surface area (Å²) in [7, 11) is 0. The van der Waals surface area contributed by atoms with Gasteiger partial charge in [0.25, 0.3) is 0 Å². The van der Waals surface area contributed by atoms with E-state index in [1.165, 1.54) is 11.6 Å². The molecule has 2 rings (SSSR count). The molecule has 0 aliphatic rings. The van der Waals surface area contributed by atoms with Crippen LogP contribution < -0.4 is 10.5 Å². The highest BCUT2D eigenvalue weighted by Crippen LogP contribution is 2.18. The zero-order valence-corrected chi connectivity index (χ0v) is 10.3. The van der Waals surface area contributed by atoms with E-state index in [1.807, 2.05) is 31.2 Å². The highest BCUT2D eigenvalue weighted by molar-refractivity contribution is 5.26. The molecule has 0 spiro atoms. The van der Waals surface area contributed by atoms with Crippen molar-refractivity contribution in [2.75, 3.05) is 6.61 Å². The molecular weight excluding hydrogens is 229 g/mol. The van der Waals surface area contributed by atoms with E-state index in [9.17, 15) is 4.39 Å². The van der Waals surface area contributed by atoms with Crippen molar-refractivity contribution in [3.05, 3.63) is 65.5 Å². The number of nitrogens with two attached hydrogens (primary N) is 1. The first kappa shape index (κ1) is 12.6. The van der Waals surface area contributed by atoms with Crippen molar-refractivity contribution in [2.24, 2.45) is 5.73 Å². The average Bonchev–Trinajstić information content (AvgIpc) is 2.38. The fraction of sp³-hybridized carbons (Fsp3) is 0.200.